The van der Waals surface area contributed by atoms with Gasteiger partial charge in [-0.25, -0.2) is 0 Å². The molecular weight excluding hydrogens is 266 g/mol. The number of aromatic nitrogens is 2. The van der Waals surface area contributed by atoms with Gasteiger partial charge in [-0.2, -0.15) is 0 Å². The maximum atomic E-state index is 5.54. The van der Waals surface area contributed by atoms with Gasteiger partial charge in [0.15, 0.2) is 4.34 Å². The van der Waals surface area contributed by atoms with Crippen molar-refractivity contribution in [3.63, 3.8) is 0 Å². The Kier molecular flexibility index (Phi) is 3.38. The summed E-state index contributed by atoms with van der Waals surface area (Å²) in [5, 5.41) is 8.32. The molecule has 3 rings (SSSR count). The number of rotatable bonds is 4. The molecule has 0 amide bonds. The third-order valence-corrected chi connectivity index (χ3v) is 4.68. The van der Waals surface area contributed by atoms with Crippen LogP contribution in [0.25, 0.3) is 0 Å². The summed E-state index contributed by atoms with van der Waals surface area (Å²) in [6, 6.07) is 6.46. The number of thioether (sulfide) groups is 1. The second-order valence-corrected chi connectivity index (χ2v) is 6.40. The molecule has 0 spiro atoms. The van der Waals surface area contributed by atoms with Gasteiger partial charge in [-0.15, -0.1) is 10.2 Å². The summed E-state index contributed by atoms with van der Waals surface area (Å²) in [4.78, 5) is 0. The Balaban J connectivity index is 1.57. The number of aryl methyl sites for hydroxylation is 1. The number of nitrogens with zero attached hydrogens (tertiary/aromatic N) is 2. The van der Waals surface area contributed by atoms with E-state index in [0.717, 1.165) is 35.3 Å². The van der Waals surface area contributed by atoms with Crippen molar-refractivity contribution in [3.05, 3.63) is 29.3 Å². The van der Waals surface area contributed by atoms with E-state index in [1.54, 1.807) is 11.8 Å². The van der Waals surface area contributed by atoms with Crippen LogP contribution < -0.4 is 10.5 Å². The number of nitrogen functional groups attached to an aromatic ring is 1. The molecule has 0 saturated heterocycles. The SMILES string of the molecule is Nc1nnc(SCCc2ccc3c(c2)CCO3)s1. The fourth-order valence-electron chi connectivity index (χ4n) is 1.93. The van der Waals surface area contributed by atoms with Crippen molar-refractivity contribution in [2.24, 2.45) is 0 Å². The molecule has 0 aliphatic carbocycles. The molecule has 0 fully saturated rings. The minimum absolute atomic E-state index is 0.534. The van der Waals surface area contributed by atoms with Gasteiger partial charge in [-0.1, -0.05) is 35.2 Å². The lowest BCUT2D eigenvalue weighted by molar-refractivity contribution is 0.357. The highest BCUT2D eigenvalue weighted by Gasteiger charge is 2.11. The quantitative estimate of drug-likeness (QED) is 0.871. The fraction of sp³-hybridized carbons (Fsp3) is 0.333. The van der Waals surface area contributed by atoms with Gasteiger partial charge >= 0.3 is 0 Å². The van der Waals surface area contributed by atoms with Crippen LogP contribution in [0.2, 0.25) is 0 Å². The third-order valence-electron chi connectivity index (χ3n) is 2.79. The highest BCUT2D eigenvalue weighted by molar-refractivity contribution is 8.01. The van der Waals surface area contributed by atoms with Crippen LogP contribution in [-0.2, 0) is 12.8 Å². The Labute approximate surface area is 114 Å². The molecule has 1 aliphatic heterocycles. The first-order valence-corrected chi connectivity index (χ1v) is 7.58. The molecule has 0 unspecified atom stereocenters. The summed E-state index contributed by atoms with van der Waals surface area (Å²) < 4.78 is 6.44. The molecule has 0 saturated carbocycles. The first-order chi connectivity index (χ1) is 8.81. The largest absolute Gasteiger partial charge is 0.493 e. The van der Waals surface area contributed by atoms with Crippen LogP contribution in [-0.4, -0.2) is 22.6 Å². The summed E-state index contributed by atoms with van der Waals surface area (Å²) in [6.07, 6.45) is 2.06. The van der Waals surface area contributed by atoms with E-state index < -0.39 is 0 Å². The summed E-state index contributed by atoms with van der Waals surface area (Å²) in [7, 11) is 0. The summed E-state index contributed by atoms with van der Waals surface area (Å²) >= 11 is 3.14. The summed E-state index contributed by atoms with van der Waals surface area (Å²) in [6.45, 7) is 0.817. The number of hydrogen-bond donors (Lipinski definition) is 1. The number of nitrogens with two attached hydrogens (primary N) is 1. The van der Waals surface area contributed by atoms with Crippen molar-refractivity contribution >= 4 is 28.2 Å². The van der Waals surface area contributed by atoms with Crippen LogP contribution in [0.4, 0.5) is 5.13 Å². The van der Waals surface area contributed by atoms with E-state index >= 15 is 0 Å². The number of hydrogen-bond acceptors (Lipinski definition) is 6. The van der Waals surface area contributed by atoms with E-state index in [1.807, 2.05) is 0 Å². The lowest BCUT2D eigenvalue weighted by Crippen LogP contribution is -1.90. The van der Waals surface area contributed by atoms with Crippen molar-refractivity contribution in [3.8, 4) is 5.75 Å². The molecular formula is C12H13N3OS2. The second-order valence-electron chi connectivity index (χ2n) is 4.05. The molecule has 0 bridgehead atoms. The van der Waals surface area contributed by atoms with Gasteiger partial charge in [-0.05, 0) is 23.6 Å². The molecule has 2 N–H and O–H groups in total. The van der Waals surface area contributed by atoms with E-state index in [4.69, 9.17) is 10.5 Å². The summed E-state index contributed by atoms with van der Waals surface area (Å²) in [5.41, 5.74) is 8.22. The van der Waals surface area contributed by atoms with Crippen molar-refractivity contribution < 1.29 is 4.74 Å². The van der Waals surface area contributed by atoms with Crippen molar-refractivity contribution in [1.29, 1.82) is 0 Å². The van der Waals surface area contributed by atoms with E-state index in [1.165, 1.54) is 22.5 Å². The molecule has 94 valence electrons. The standard InChI is InChI=1S/C12H13N3OS2/c13-11-14-15-12(18-11)17-6-4-8-1-2-10-9(7-8)3-5-16-10/h1-2,7H,3-6H2,(H2,13,14). The molecule has 1 aromatic heterocycles. The number of fused-ring (bicyclic) bond motifs is 1. The van der Waals surface area contributed by atoms with Crippen molar-refractivity contribution in [1.82, 2.24) is 10.2 Å². The fourth-order valence-corrected chi connectivity index (χ4v) is 3.63. The van der Waals surface area contributed by atoms with Gasteiger partial charge in [-0.3, -0.25) is 0 Å². The molecule has 18 heavy (non-hydrogen) atoms. The zero-order chi connectivity index (χ0) is 12.4. The molecule has 2 aromatic rings. The molecule has 1 aliphatic rings. The van der Waals surface area contributed by atoms with Crippen molar-refractivity contribution in [2.45, 2.75) is 17.2 Å². The van der Waals surface area contributed by atoms with Crippen LogP contribution in [0, 0.1) is 0 Å². The van der Waals surface area contributed by atoms with Crippen LogP contribution in [0.15, 0.2) is 22.5 Å². The highest BCUT2D eigenvalue weighted by atomic mass is 32.2. The van der Waals surface area contributed by atoms with E-state index in [9.17, 15) is 0 Å². The Hall–Kier alpha value is -1.27. The first kappa shape index (κ1) is 11.8. The normalized spacial score (nSPS) is 13.3. The zero-order valence-corrected chi connectivity index (χ0v) is 11.4. The smallest absolute Gasteiger partial charge is 0.203 e. The van der Waals surface area contributed by atoms with Gasteiger partial charge in [0.1, 0.15) is 5.75 Å². The number of benzene rings is 1. The third kappa shape index (κ3) is 2.59. The average molecular weight is 279 g/mol. The Morgan fingerprint density at radius 1 is 1.39 bits per heavy atom. The summed E-state index contributed by atoms with van der Waals surface area (Å²) in [5.74, 6) is 2.04. The molecule has 6 heteroatoms. The van der Waals surface area contributed by atoms with Gasteiger partial charge in [0, 0.05) is 12.2 Å². The topological polar surface area (TPSA) is 61.0 Å². The van der Waals surface area contributed by atoms with Crippen LogP contribution in [0.1, 0.15) is 11.1 Å². The predicted molar refractivity (Wildman–Crippen MR) is 74.4 cm³/mol. The van der Waals surface area contributed by atoms with Gasteiger partial charge in [0.2, 0.25) is 5.13 Å². The number of ether oxygens (including phenoxy) is 1. The van der Waals surface area contributed by atoms with Crippen LogP contribution in [0.3, 0.4) is 0 Å². The molecule has 0 radical (unpaired) electrons. The Bertz CT molecular complexity index is 556. The lowest BCUT2D eigenvalue weighted by atomic mass is 10.1. The minimum atomic E-state index is 0.534. The van der Waals surface area contributed by atoms with E-state index in [0.29, 0.717) is 5.13 Å². The van der Waals surface area contributed by atoms with E-state index in [2.05, 4.69) is 28.4 Å². The van der Waals surface area contributed by atoms with Crippen LogP contribution >= 0.6 is 23.1 Å². The molecule has 1 aromatic carbocycles. The number of anilines is 1. The maximum Gasteiger partial charge on any atom is 0.203 e. The maximum absolute atomic E-state index is 5.54. The zero-order valence-electron chi connectivity index (χ0n) is 9.76. The molecule has 0 atom stereocenters. The van der Waals surface area contributed by atoms with Gasteiger partial charge < -0.3 is 10.5 Å². The van der Waals surface area contributed by atoms with Gasteiger partial charge in [0.25, 0.3) is 0 Å². The minimum Gasteiger partial charge on any atom is -0.493 e. The first-order valence-electron chi connectivity index (χ1n) is 5.77. The Morgan fingerprint density at radius 2 is 2.33 bits per heavy atom. The Morgan fingerprint density at radius 3 is 3.17 bits per heavy atom. The van der Waals surface area contributed by atoms with Crippen LogP contribution in [0.5, 0.6) is 5.75 Å². The monoisotopic (exact) mass is 279 g/mol. The predicted octanol–water partition coefficient (Wildman–Crippen LogP) is 2.39. The lowest BCUT2D eigenvalue weighted by Gasteiger charge is -2.03. The molecule has 2 heterocycles. The highest BCUT2D eigenvalue weighted by Crippen LogP contribution is 2.28. The molecule has 4 nitrogen and oxygen atoms in total. The van der Waals surface area contributed by atoms with E-state index in [-0.39, 0.29) is 0 Å². The van der Waals surface area contributed by atoms with Gasteiger partial charge in [0.05, 0.1) is 6.61 Å². The second kappa shape index (κ2) is 5.16. The van der Waals surface area contributed by atoms with Crippen molar-refractivity contribution in [2.75, 3.05) is 18.1 Å². The average Bonchev–Trinajstić information content (AvgIpc) is 2.97.